The number of halogens is 2. The summed E-state index contributed by atoms with van der Waals surface area (Å²) in [4.78, 5) is 0. The zero-order valence-electron chi connectivity index (χ0n) is 14.9. The van der Waals surface area contributed by atoms with Crippen molar-refractivity contribution in [3.63, 3.8) is 0 Å². The molecule has 27 heavy (non-hydrogen) atoms. The van der Waals surface area contributed by atoms with Gasteiger partial charge in [-0.2, -0.15) is 5.10 Å². The number of rotatable bonds is 5. The van der Waals surface area contributed by atoms with Gasteiger partial charge in [0.1, 0.15) is 12.4 Å². The molecule has 0 aliphatic carbocycles. The normalized spacial score (nSPS) is 15.0. The molecule has 1 aromatic heterocycles. The van der Waals surface area contributed by atoms with Crippen LogP contribution in [0.2, 0.25) is 10.0 Å². The Morgan fingerprint density at radius 2 is 1.70 bits per heavy atom. The minimum atomic E-state index is 0.339. The number of benzene rings is 2. The largest absolute Gasteiger partial charge is 0.489 e. The third kappa shape index (κ3) is 4.29. The van der Waals surface area contributed by atoms with Gasteiger partial charge in [-0.3, -0.25) is 4.68 Å². The Labute approximate surface area is 169 Å². The van der Waals surface area contributed by atoms with E-state index in [1.807, 2.05) is 48.7 Å². The van der Waals surface area contributed by atoms with Crippen LogP contribution in [0.4, 0.5) is 0 Å². The van der Waals surface area contributed by atoms with Crippen LogP contribution in [0.25, 0.3) is 11.1 Å². The molecule has 1 fully saturated rings. The lowest BCUT2D eigenvalue weighted by Crippen LogP contribution is -2.29. The summed E-state index contributed by atoms with van der Waals surface area (Å²) in [5.41, 5.74) is 3.04. The Hall–Kier alpha value is -2.01. The molecule has 1 saturated heterocycles. The summed E-state index contributed by atoms with van der Waals surface area (Å²) in [6.45, 7) is 2.45. The van der Waals surface area contributed by atoms with Crippen LogP contribution in [-0.2, 0) is 6.61 Å². The molecule has 140 valence electrons. The van der Waals surface area contributed by atoms with Crippen LogP contribution in [0.5, 0.6) is 5.75 Å². The van der Waals surface area contributed by atoms with Crippen LogP contribution in [0.1, 0.15) is 24.4 Å². The molecule has 0 amide bonds. The lowest BCUT2D eigenvalue weighted by molar-refractivity contribution is 0.306. The number of nitrogens with zero attached hydrogens (tertiary/aromatic N) is 2. The zero-order valence-corrected chi connectivity index (χ0v) is 16.4. The second-order valence-corrected chi connectivity index (χ2v) is 7.52. The van der Waals surface area contributed by atoms with Crippen molar-refractivity contribution in [2.24, 2.45) is 0 Å². The van der Waals surface area contributed by atoms with Crippen LogP contribution >= 0.6 is 23.2 Å². The highest BCUT2D eigenvalue weighted by atomic mass is 35.5. The van der Waals surface area contributed by atoms with Gasteiger partial charge in [-0.05, 0) is 55.8 Å². The number of ether oxygens (including phenoxy) is 1. The highest BCUT2D eigenvalue weighted by Gasteiger charge is 2.16. The lowest BCUT2D eigenvalue weighted by atomic mass is 10.1. The molecule has 0 unspecified atom stereocenters. The van der Waals surface area contributed by atoms with E-state index in [-0.39, 0.29) is 0 Å². The molecule has 0 atom stereocenters. The first kappa shape index (κ1) is 18.4. The van der Waals surface area contributed by atoms with Crippen molar-refractivity contribution in [2.75, 3.05) is 13.1 Å². The Kier molecular flexibility index (Phi) is 5.67. The average Bonchev–Trinajstić information content (AvgIpc) is 3.19. The molecule has 6 heteroatoms. The van der Waals surface area contributed by atoms with Crippen LogP contribution in [-0.4, -0.2) is 22.9 Å². The van der Waals surface area contributed by atoms with Crippen LogP contribution in [0.15, 0.2) is 54.9 Å². The minimum Gasteiger partial charge on any atom is -0.489 e. The lowest BCUT2D eigenvalue weighted by Gasteiger charge is -2.22. The molecule has 0 radical (unpaired) electrons. The van der Waals surface area contributed by atoms with Crippen molar-refractivity contribution in [1.29, 1.82) is 0 Å². The standard InChI is InChI=1S/C21H21Cl2N3O/c22-20-2-1-3-21(23)19(20)14-27-18-6-4-15(5-7-18)16-12-25-26(13-16)17-8-10-24-11-9-17/h1-7,12-13,17,24H,8-11,14H2. The number of hydrogen-bond donors (Lipinski definition) is 1. The molecule has 1 aliphatic heterocycles. The van der Waals surface area contributed by atoms with E-state index in [0.717, 1.165) is 48.4 Å². The molecule has 0 bridgehead atoms. The predicted octanol–water partition coefficient (Wildman–Crippen LogP) is 5.36. The van der Waals surface area contributed by atoms with Gasteiger partial charge in [0, 0.05) is 27.4 Å². The summed E-state index contributed by atoms with van der Waals surface area (Å²) >= 11 is 12.4. The van der Waals surface area contributed by atoms with Crippen molar-refractivity contribution in [2.45, 2.75) is 25.5 Å². The molecule has 4 rings (SSSR count). The first-order valence-electron chi connectivity index (χ1n) is 9.12. The second-order valence-electron chi connectivity index (χ2n) is 6.70. The number of nitrogens with one attached hydrogen (secondary N) is 1. The minimum absolute atomic E-state index is 0.339. The average molecular weight is 402 g/mol. The summed E-state index contributed by atoms with van der Waals surface area (Å²) in [6.07, 6.45) is 6.31. The summed E-state index contributed by atoms with van der Waals surface area (Å²) in [5.74, 6) is 0.778. The van der Waals surface area contributed by atoms with Gasteiger partial charge in [0.2, 0.25) is 0 Å². The maximum Gasteiger partial charge on any atom is 0.119 e. The second kappa shape index (κ2) is 8.34. The van der Waals surface area contributed by atoms with E-state index in [1.54, 1.807) is 0 Å². The van der Waals surface area contributed by atoms with Gasteiger partial charge in [0.25, 0.3) is 0 Å². The van der Waals surface area contributed by atoms with Gasteiger partial charge in [0.05, 0.1) is 12.2 Å². The van der Waals surface area contributed by atoms with E-state index in [0.29, 0.717) is 22.7 Å². The van der Waals surface area contributed by atoms with E-state index >= 15 is 0 Å². The molecule has 2 aromatic carbocycles. The molecule has 3 aromatic rings. The maximum absolute atomic E-state index is 6.19. The fourth-order valence-corrected chi connectivity index (χ4v) is 3.83. The fourth-order valence-electron chi connectivity index (χ4n) is 3.33. The Morgan fingerprint density at radius 3 is 2.41 bits per heavy atom. The first-order chi connectivity index (χ1) is 13.2. The van der Waals surface area contributed by atoms with Crippen molar-refractivity contribution in [3.05, 3.63) is 70.5 Å². The molecular formula is C21H21Cl2N3O. The zero-order chi connectivity index (χ0) is 18.6. The summed E-state index contributed by atoms with van der Waals surface area (Å²) in [5, 5.41) is 9.18. The van der Waals surface area contributed by atoms with Gasteiger partial charge in [-0.25, -0.2) is 0 Å². The maximum atomic E-state index is 6.19. The van der Waals surface area contributed by atoms with E-state index in [1.165, 1.54) is 0 Å². The van der Waals surface area contributed by atoms with E-state index in [4.69, 9.17) is 27.9 Å². The van der Waals surface area contributed by atoms with Crippen LogP contribution in [0.3, 0.4) is 0 Å². The third-order valence-electron chi connectivity index (χ3n) is 4.92. The van der Waals surface area contributed by atoms with Crippen LogP contribution < -0.4 is 10.1 Å². The monoisotopic (exact) mass is 401 g/mol. The molecule has 2 heterocycles. The quantitative estimate of drug-likeness (QED) is 0.625. The Bertz CT molecular complexity index is 882. The Morgan fingerprint density at radius 1 is 1.00 bits per heavy atom. The molecule has 0 saturated carbocycles. The predicted molar refractivity (Wildman–Crippen MR) is 110 cm³/mol. The SMILES string of the molecule is Clc1cccc(Cl)c1COc1ccc(-c2cnn(C3CCNCC3)c2)cc1. The van der Waals surface area contributed by atoms with Gasteiger partial charge in [-0.1, -0.05) is 41.4 Å². The van der Waals surface area contributed by atoms with Gasteiger partial charge < -0.3 is 10.1 Å². The van der Waals surface area contributed by atoms with E-state index in [2.05, 4.69) is 21.3 Å². The molecule has 1 N–H and O–H groups in total. The van der Waals surface area contributed by atoms with Gasteiger partial charge >= 0.3 is 0 Å². The number of hydrogen-bond acceptors (Lipinski definition) is 3. The highest BCUT2D eigenvalue weighted by Crippen LogP contribution is 2.28. The fraction of sp³-hybridized carbons (Fsp3) is 0.286. The Balaban J connectivity index is 1.42. The number of piperidine rings is 1. The summed E-state index contributed by atoms with van der Waals surface area (Å²) < 4.78 is 7.95. The van der Waals surface area contributed by atoms with Crippen molar-refractivity contribution >= 4 is 23.2 Å². The van der Waals surface area contributed by atoms with Gasteiger partial charge in [0.15, 0.2) is 0 Å². The van der Waals surface area contributed by atoms with Crippen molar-refractivity contribution in [1.82, 2.24) is 15.1 Å². The number of aromatic nitrogens is 2. The summed E-state index contributed by atoms with van der Waals surface area (Å²) in [6, 6.07) is 14.0. The molecular weight excluding hydrogens is 381 g/mol. The van der Waals surface area contributed by atoms with E-state index in [9.17, 15) is 0 Å². The highest BCUT2D eigenvalue weighted by molar-refractivity contribution is 6.35. The molecule has 1 aliphatic rings. The smallest absolute Gasteiger partial charge is 0.119 e. The third-order valence-corrected chi connectivity index (χ3v) is 5.63. The first-order valence-corrected chi connectivity index (χ1v) is 9.87. The van der Waals surface area contributed by atoms with E-state index < -0.39 is 0 Å². The van der Waals surface area contributed by atoms with Crippen molar-refractivity contribution < 1.29 is 4.74 Å². The van der Waals surface area contributed by atoms with Crippen molar-refractivity contribution in [3.8, 4) is 16.9 Å². The van der Waals surface area contributed by atoms with Gasteiger partial charge in [-0.15, -0.1) is 0 Å². The molecule has 0 spiro atoms. The van der Waals surface area contributed by atoms with Crippen LogP contribution in [0, 0.1) is 0 Å². The topological polar surface area (TPSA) is 39.1 Å². The summed E-state index contributed by atoms with van der Waals surface area (Å²) in [7, 11) is 0. The molecule has 4 nitrogen and oxygen atoms in total.